The SMILES string of the molecule is O=Cc1ccc(-c2ccc(CC(=O)Nc3cc(C4CC4)[nH]n3)cc2)cc1. The van der Waals surface area contributed by atoms with Crippen LogP contribution >= 0.6 is 0 Å². The summed E-state index contributed by atoms with van der Waals surface area (Å²) in [6, 6.07) is 17.2. The Balaban J connectivity index is 1.38. The predicted molar refractivity (Wildman–Crippen MR) is 100 cm³/mol. The standard InChI is InChI=1S/C21H19N3O2/c25-13-15-3-7-17(8-4-15)16-5-1-14(2-6-16)11-21(26)22-20-12-19(23-24-20)18-9-10-18/h1-8,12-13,18H,9-11H2,(H2,22,23,24,26). The number of anilines is 1. The molecule has 1 fully saturated rings. The normalized spacial score (nSPS) is 13.4. The van der Waals surface area contributed by atoms with Crippen molar-refractivity contribution in [1.82, 2.24) is 10.2 Å². The Bertz CT molecular complexity index is 923. The molecule has 3 aromatic rings. The molecule has 1 amide bonds. The highest BCUT2D eigenvalue weighted by molar-refractivity contribution is 5.91. The number of H-pyrrole nitrogens is 1. The summed E-state index contributed by atoms with van der Waals surface area (Å²) in [6.07, 6.45) is 3.52. The van der Waals surface area contributed by atoms with Crippen LogP contribution in [0.1, 0.15) is 40.4 Å². The summed E-state index contributed by atoms with van der Waals surface area (Å²) >= 11 is 0. The molecule has 0 saturated heterocycles. The molecule has 1 aromatic heterocycles. The number of carbonyl (C=O) groups excluding carboxylic acids is 2. The Morgan fingerprint density at radius 3 is 2.35 bits per heavy atom. The van der Waals surface area contributed by atoms with Crippen molar-refractivity contribution in [3.8, 4) is 11.1 Å². The van der Waals surface area contributed by atoms with E-state index in [2.05, 4.69) is 15.5 Å². The summed E-state index contributed by atoms with van der Waals surface area (Å²) < 4.78 is 0. The molecule has 2 N–H and O–H groups in total. The van der Waals surface area contributed by atoms with Gasteiger partial charge in [-0.2, -0.15) is 5.10 Å². The number of nitrogens with zero attached hydrogens (tertiary/aromatic N) is 1. The molecule has 1 heterocycles. The minimum absolute atomic E-state index is 0.0815. The first-order chi connectivity index (χ1) is 12.7. The van der Waals surface area contributed by atoms with Gasteiger partial charge in [-0.05, 0) is 29.5 Å². The zero-order valence-electron chi connectivity index (χ0n) is 14.2. The second-order valence-electron chi connectivity index (χ2n) is 6.64. The predicted octanol–water partition coefficient (Wildman–Crippen LogP) is 3.95. The van der Waals surface area contributed by atoms with E-state index >= 15 is 0 Å². The lowest BCUT2D eigenvalue weighted by atomic mass is 10.0. The molecule has 1 aliphatic rings. The van der Waals surface area contributed by atoms with E-state index in [1.807, 2.05) is 42.5 Å². The van der Waals surface area contributed by atoms with E-state index in [9.17, 15) is 9.59 Å². The molecule has 0 aliphatic heterocycles. The topological polar surface area (TPSA) is 74.8 Å². The number of benzene rings is 2. The monoisotopic (exact) mass is 345 g/mol. The first-order valence-electron chi connectivity index (χ1n) is 8.71. The van der Waals surface area contributed by atoms with Crippen molar-refractivity contribution >= 4 is 18.0 Å². The van der Waals surface area contributed by atoms with Crippen LogP contribution in [0.2, 0.25) is 0 Å². The quantitative estimate of drug-likeness (QED) is 0.664. The van der Waals surface area contributed by atoms with Gasteiger partial charge in [0.2, 0.25) is 5.91 Å². The largest absolute Gasteiger partial charge is 0.309 e. The molecular weight excluding hydrogens is 326 g/mol. The molecule has 4 rings (SSSR count). The highest BCUT2D eigenvalue weighted by Crippen LogP contribution is 2.39. The molecular formula is C21H19N3O2. The Labute approximate surface area is 151 Å². The third kappa shape index (κ3) is 3.72. The Kier molecular flexibility index (Phi) is 4.35. The summed E-state index contributed by atoms with van der Waals surface area (Å²) in [5.74, 6) is 1.09. The van der Waals surface area contributed by atoms with E-state index in [1.165, 1.54) is 12.8 Å². The molecule has 0 bridgehead atoms. The highest BCUT2D eigenvalue weighted by atomic mass is 16.1. The number of aromatic amines is 1. The Morgan fingerprint density at radius 2 is 1.73 bits per heavy atom. The molecule has 0 radical (unpaired) electrons. The van der Waals surface area contributed by atoms with Crippen molar-refractivity contribution in [2.24, 2.45) is 0 Å². The molecule has 26 heavy (non-hydrogen) atoms. The molecule has 5 heteroatoms. The molecule has 130 valence electrons. The summed E-state index contributed by atoms with van der Waals surface area (Å²) in [4.78, 5) is 22.9. The summed E-state index contributed by atoms with van der Waals surface area (Å²) in [7, 11) is 0. The number of rotatable bonds is 6. The average Bonchev–Trinajstić information content (AvgIpc) is 3.42. The van der Waals surface area contributed by atoms with E-state index in [0.717, 1.165) is 28.7 Å². The van der Waals surface area contributed by atoms with Crippen LogP contribution < -0.4 is 5.32 Å². The first kappa shape index (κ1) is 16.3. The zero-order chi connectivity index (χ0) is 17.9. The number of carbonyl (C=O) groups is 2. The fraction of sp³-hybridized carbons (Fsp3) is 0.190. The van der Waals surface area contributed by atoms with Crippen LogP contribution in [0, 0.1) is 0 Å². The lowest BCUT2D eigenvalue weighted by molar-refractivity contribution is -0.115. The molecule has 1 saturated carbocycles. The molecule has 1 aliphatic carbocycles. The van der Waals surface area contributed by atoms with Gasteiger partial charge in [-0.3, -0.25) is 14.7 Å². The van der Waals surface area contributed by atoms with Crippen LogP contribution in [-0.4, -0.2) is 22.4 Å². The van der Waals surface area contributed by atoms with Gasteiger partial charge in [0.25, 0.3) is 0 Å². The van der Waals surface area contributed by atoms with Crippen LogP contribution in [0.3, 0.4) is 0 Å². The number of nitrogens with one attached hydrogen (secondary N) is 2. The Hall–Kier alpha value is -3.21. The van der Waals surface area contributed by atoms with Gasteiger partial charge in [0.05, 0.1) is 6.42 Å². The molecule has 2 aromatic carbocycles. The summed E-state index contributed by atoms with van der Waals surface area (Å²) in [5.41, 5.74) is 4.79. The smallest absolute Gasteiger partial charge is 0.229 e. The molecule has 0 spiro atoms. The van der Waals surface area contributed by atoms with Gasteiger partial charge >= 0.3 is 0 Å². The fourth-order valence-corrected chi connectivity index (χ4v) is 2.95. The van der Waals surface area contributed by atoms with Gasteiger partial charge in [0.1, 0.15) is 6.29 Å². The zero-order valence-corrected chi connectivity index (χ0v) is 14.2. The number of aldehydes is 1. The van der Waals surface area contributed by atoms with Gasteiger partial charge in [0.15, 0.2) is 5.82 Å². The maximum atomic E-state index is 12.2. The number of hydrogen-bond acceptors (Lipinski definition) is 3. The number of hydrogen-bond donors (Lipinski definition) is 2. The first-order valence-corrected chi connectivity index (χ1v) is 8.71. The second-order valence-corrected chi connectivity index (χ2v) is 6.64. The van der Waals surface area contributed by atoms with Gasteiger partial charge in [-0.15, -0.1) is 0 Å². The van der Waals surface area contributed by atoms with E-state index < -0.39 is 0 Å². The van der Waals surface area contributed by atoms with Crippen molar-refractivity contribution in [3.05, 3.63) is 71.4 Å². The van der Waals surface area contributed by atoms with Crippen molar-refractivity contribution in [2.45, 2.75) is 25.2 Å². The van der Waals surface area contributed by atoms with E-state index in [1.54, 1.807) is 12.1 Å². The maximum Gasteiger partial charge on any atom is 0.229 e. The van der Waals surface area contributed by atoms with Crippen molar-refractivity contribution in [3.63, 3.8) is 0 Å². The van der Waals surface area contributed by atoms with Gasteiger partial charge < -0.3 is 5.32 Å². The van der Waals surface area contributed by atoms with Crippen LogP contribution in [0.25, 0.3) is 11.1 Å². The summed E-state index contributed by atoms with van der Waals surface area (Å²) in [6.45, 7) is 0. The van der Waals surface area contributed by atoms with E-state index in [-0.39, 0.29) is 5.91 Å². The van der Waals surface area contributed by atoms with E-state index in [4.69, 9.17) is 0 Å². The molecule has 5 nitrogen and oxygen atoms in total. The van der Waals surface area contributed by atoms with Gasteiger partial charge in [0, 0.05) is 23.2 Å². The third-order valence-corrected chi connectivity index (χ3v) is 4.58. The van der Waals surface area contributed by atoms with Crippen molar-refractivity contribution in [2.75, 3.05) is 5.32 Å². The van der Waals surface area contributed by atoms with Gasteiger partial charge in [-0.25, -0.2) is 0 Å². The lowest BCUT2D eigenvalue weighted by Gasteiger charge is -2.05. The molecule has 0 unspecified atom stereocenters. The minimum atomic E-state index is -0.0815. The van der Waals surface area contributed by atoms with Crippen LogP contribution in [0.5, 0.6) is 0 Å². The molecule has 0 atom stereocenters. The van der Waals surface area contributed by atoms with Crippen molar-refractivity contribution in [1.29, 1.82) is 0 Å². The third-order valence-electron chi connectivity index (χ3n) is 4.58. The average molecular weight is 345 g/mol. The number of amides is 1. The second kappa shape index (κ2) is 6.96. The van der Waals surface area contributed by atoms with Crippen LogP contribution in [0.4, 0.5) is 5.82 Å². The summed E-state index contributed by atoms with van der Waals surface area (Å²) in [5, 5.41) is 9.97. The van der Waals surface area contributed by atoms with Crippen LogP contribution in [-0.2, 0) is 11.2 Å². The lowest BCUT2D eigenvalue weighted by Crippen LogP contribution is -2.14. The minimum Gasteiger partial charge on any atom is -0.309 e. The highest BCUT2D eigenvalue weighted by Gasteiger charge is 2.25. The van der Waals surface area contributed by atoms with Crippen LogP contribution in [0.15, 0.2) is 54.6 Å². The van der Waals surface area contributed by atoms with Gasteiger partial charge in [-0.1, -0.05) is 48.5 Å². The number of aromatic nitrogens is 2. The fourth-order valence-electron chi connectivity index (χ4n) is 2.95. The maximum absolute atomic E-state index is 12.2. The Morgan fingerprint density at radius 1 is 1.08 bits per heavy atom. The van der Waals surface area contributed by atoms with E-state index in [0.29, 0.717) is 23.7 Å². The van der Waals surface area contributed by atoms with Crippen molar-refractivity contribution < 1.29 is 9.59 Å².